The lowest BCUT2D eigenvalue weighted by atomic mass is 9.93. The highest BCUT2D eigenvalue weighted by atomic mass is 16.6. The summed E-state index contributed by atoms with van der Waals surface area (Å²) in [4.78, 5) is 11.2. The van der Waals surface area contributed by atoms with Gasteiger partial charge >= 0.3 is 0 Å². The molecule has 0 aliphatic carbocycles. The lowest BCUT2D eigenvalue weighted by molar-refractivity contribution is -0.384. The zero-order chi connectivity index (χ0) is 19.2. The molecule has 4 heteroatoms. The Morgan fingerprint density at radius 2 is 1.37 bits per heavy atom. The smallest absolute Gasteiger partial charge is 0.277 e. The standard InChI is InChI=1S/C23H23NO3/c1-3-17(2)16-27-23-15-9-7-13-21(23)19-11-5-4-10-18(19)20-12-6-8-14-22(20)24(25)26/h4-15,17H,3,16H2,1-2H3. The quantitative estimate of drug-likeness (QED) is 0.364. The Labute approximate surface area is 159 Å². The first-order valence-corrected chi connectivity index (χ1v) is 9.16. The maximum Gasteiger partial charge on any atom is 0.277 e. The lowest BCUT2D eigenvalue weighted by Gasteiger charge is -2.17. The SMILES string of the molecule is CCC(C)COc1ccccc1-c1ccccc1-c1ccccc1[N+](=O)[O-]. The Balaban J connectivity index is 2.10. The van der Waals surface area contributed by atoms with E-state index in [2.05, 4.69) is 13.8 Å². The fraction of sp³-hybridized carbons (Fsp3) is 0.217. The normalized spacial score (nSPS) is 11.8. The lowest BCUT2D eigenvalue weighted by Crippen LogP contribution is -2.07. The molecule has 1 unspecified atom stereocenters. The third kappa shape index (κ3) is 4.17. The number of hydrogen-bond donors (Lipinski definition) is 0. The van der Waals surface area contributed by atoms with Gasteiger partial charge in [0.25, 0.3) is 5.69 Å². The van der Waals surface area contributed by atoms with Crippen molar-refractivity contribution in [1.82, 2.24) is 0 Å². The van der Waals surface area contributed by atoms with Crippen molar-refractivity contribution >= 4 is 5.69 Å². The fourth-order valence-corrected chi connectivity index (χ4v) is 2.98. The van der Waals surface area contributed by atoms with E-state index in [9.17, 15) is 10.1 Å². The molecule has 0 aromatic heterocycles. The van der Waals surface area contributed by atoms with Crippen LogP contribution >= 0.6 is 0 Å². The molecule has 0 amide bonds. The van der Waals surface area contributed by atoms with Crippen molar-refractivity contribution in [2.45, 2.75) is 20.3 Å². The Kier molecular flexibility index (Phi) is 5.87. The number of nitrogens with zero attached hydrogens (tertiary/aromatic N) is 1. The molecular formula is C23H23NO3. The largest absolute Gasteiger partial charge is 0.493 e. The van der Waals surface area contributed by atoms with Crippen molar-refractivity contribution in [2.24, 2.45) is 5.92 Å². The number of para-hydroxylation sites is 2. The zero-order valence-corrected chi connectivity index (χ0v) is 15.6. The summed E-state index contributed by atoms with van der Waals surface area (Å²) in [6.45, 7) is 4.94. The van der Waals surface area contributed by atoms with Crippen molar-refractivity contribution in [3.63, 3.8) is 0 Å². The summed E-state index contributed by atoms with van der Waals surface area (Å²) >= 11 is 0. The minimum atomic E-state index is -0.336. The van der Waals surface area contributed by atoms with E-state index in [0.29, 0.717) is 18.1 Å². The summed E-state index contributed by atoms with van der Waals surface area (Å²) in [7, 11) is 0. The second-order valence-corrected chi connectivity index (χ2v) is 6.64. The highest BCUT2D eigenvalue weighted by Crippen LogP contribution is 2.40. The zero-order valence-electron chi connectivity index (χ0n) is 15.6. The predicted molar refractivity (Wildman–Crippen MR) is 109 cm³/mol. The third-order valence-electron chi connectivity index (χ3n) is 4.72. The van der Waals surface area contributed by atoms with Crippen molar-refractivity contribution in [3.05, 3.63) is 82.9 Å². The number of nitro benzene ring substituents is 1. The Morgan fingerprint density at radius 3 is 2.00 bits per heavy atom. The van der Waals surface area contributed by atoms with Crippen LogP contribution in [0.4, 0.5) is 5.69 Å². The van der Waals surface area contributed by atoms with Crippen molar-refractivity contribution < 1.29 is 9.66 Å². The van der Waals surface area contributed by atoms with Gasteiger partial charge in [-0.25, -0.2) is 0 Å². The van der Waals surface area contributed by atoms with Crippen LogP contribution in [0, 0.1) is 16.0 Å². The molecule has 0 spiro atoms. The molecule has 0 fully saturated rings. The summed E-state index contributed by atoms with van der Waals surface area (Å²) in [6, 6.07) is 22.4. The first kappa shape index (κ1) is 18.6. The number of nitro groups is 1. The maximum atomic E-state index is 11.5. The monoisotopic (exact) mass is 361 g/mol. The number of ether oxygens (including phenoxy) is 1. The topological polar surface area (TPSA) is 52.4 Å². The molecule has 138 valence electrons. The van der Waals surface area contributed by atoms with Crippen LogP contribution < -0.4 is 4.74 Å². The molecule has 0 aliphatic rings. The molecule has 4 nitrogen and oxygen atoms in total. The molecule has 0 aliphatic heterocycles. The minimum Gasteiger partial charge on any atom is -0.493 e. The van der Waals surface area contributed by atoms with Crippen LogP contribution in [0.25, 0.3) is 22.3 Å². The van der Waals surface area contributed by atoms with E-state index in [0.717, 1.165) is 28.9 Å². The predicted octanol–water partition coefficient (Wildman–Crippen LogP) is 6.35. The Bertz CT molecular complexity index is 936. The highest BCUT2D eigenvalue weighted by molar-refractivity contribution is 5.89. The van der Waals surface area contributed by atoms with E-state index < -0.39 is 0 Å². The molecule has 0 saturated heterocycles. The van der Waals surface area contributed by atoms with Gasteiger partial charge in [-0.15, -0.1) is 0 Å². The van der Waals surface area contributed by atoms with Gasteiger partial charge in [-0.3, -0.25) is 10.1 Å². The molecule has 0 saturated carbocycles. The third-order valence-corrected chi connectivity index (χ3v) is 4.72. The summed E-state index contributed by atoms with van der Waals surface area (Å²) in [5.41, 5.74) is 3.39. The van der Waals surface area contributed by atoms with E-state index in [1.165, 1.54) is 6.07 Å². The van der Waals surface area contributed by atoms with Gasteiger partial charge in [0.05, 0.1) is 17.1 Å². The van der Waals surface area contributed by atoms with Gasteiger partial charge in [0.1, 0.15) is 5.75 Å². The van der Waals surface area contributed by atoms with Crippen LogP contribution in [0.5, 0.6) is 5.75 Å². The van der Waals surface area contributed by atoms with Gasteiger partial charge in [-0.2, -0.15) is 0 Å². The van der Waals surface area contributed by atoms with Gasteiger partial charge in [0.2, 0.25) is 0 Å². The van der Waals surface area contributed by atoms with Crippen LogP contribution in [0.2, 0.25) is 0 Å². The molecule has 0 N–H and O–H groups in total. The molecule has 3 aromatic rings. The maximum absolute atomic E-state index is 11.5. The fourth-order valence-electron chi connectivity index (χ4n) is 2.98. The molecule has 0 heterocycles. The van der Waals surface area contributed by atoms with E-state index in [-0.39, 0.29) is 10.6 Å². The Hall–Kier alpha value is -3.14. The Morgan fingerprint density at radius 1 is 0.852 bits per heavy atom. The summed E-state index contributed by atoms with van der Waals surface area (Å²) < 4.78 is 6.08. The van der Waals surface area contributed by atoms with Crippen molar-refractivity contribution in [2.75, 3.05) is 6.61 Å². The molecule has 1 atom stereocenters. The van der Waals surface area contributed by atoms with Crippen molar-refractivity contribution in [3.8, 4) is 28.0 Å². The van der Waals surface area contributed by atoms with Gasteiger partial charge in [-0.1, -0.05) is 74.9 Å². The van der Waals surface area contributed by atoms with Crippen LogP contribution in [0.1, 0.15) is 20.3 Å². The van der Waals surface area contributed by atoms with Gasteiger partial charge in [-0.05, 0) is 29.2 Å². The molecule has 27 heavy (non-hydrogen) atoms. The van der Waals surface area contributed by atoms with Crippen molar-refractivity contribution in [1.29, 1.82) is 0 Å². The molecule has 0 bridgehead atoms. The average Bonchev–Trinajstić information content (AvgIpc) is 2.72. The van der Waals surface area contributed by atoms with E-state index in [1.54, 1.807) is 12.1 Å². The second-order valence-electron chi connectivity index (χ2n) is 6.64. The van der Waals surface area contributed by atoms with Crippen LogP contribution in [0.15, 0.2) is 72.8 Å². The summed E-state index contributed by atoms with van der Waals surface area (Å²) in [5.74, 6) is 1.26. The second kappa shape index (κ2) is 8.49. The van der Waals surface area contributed by atoms with Crippen LogP contribution in [0.3, 0.4) is 0 Å². The summed E-state index contributed by atoms with van der Waals surface area (Å²) in [6.07, 6.45) is 1.05. The van der Waals surface area contributed by atoms with E-state index in [1.807, 2.05) is 54.6 Å². The number of benzene rings is 3. The van der Waals surface area contributed by atoms with Crippen LogP contribution in [-0.4, -0.2) is 11.5 Å². The number of hydrogen-bond acceptors (Lipinski definition) is 3. The van der Waals surface area contributed by atoms with E-state index in [4.69, 9.17) is 4.74 Å². The molecule has 3 aromatic carbocycles. The molecule has 0 radical (unpaired) electrons. The highest BCUT2D eigenvalue weighted by Gasteiger charge is 2.19. The van der Waals surface area contributed by atoms with Gasteiger partial charge in [0.15, 0.2) is 0 Å². The van der Waals surface area contributed by atoms with Gasteiger partial charge in [0, 0.05) is 11.6 Å². The molecule has 3 rings (SSSR count). The van der Waals surface area contributed by atoms with Crippen LogP contribution in [-0.2, 0) is 0 Å². The molecular weight excluding hydrogens is 338 g/mol. The summed E-state index contributed by atoms with van der Waals surface area (Å²) in [5, 5.41) is 11.5. The first-order valence-electron chi connectivity index (χ1n) is 9.16. The number of rotatable bonds is 7. The van der Waals surface area contributed by atoms with Gasteiger partial charge < -0.3 is 4.74 Å². The first-order chi connectivity index (χ1) is 13.1. The minimum absolute atomic E-state index is 0.1000. The van der Waals surface area contributed by atoms with E-state index >= 15 is 0 Å². The average molecular weight is 361 g/mol.